The third-order valence-corrected chi connectivity index (χ3v) is 2.78. The van der Waals surface area contributed by atoms with Gasteiger partial charge in [0.25, 0.3) is 5.91 Å². The molecular weight excluding hydrogens is 266 g/mol. The van der Waals surface area contributed by atoms with Gasteiger partial charge in [-0.15, -0.1) is 0 Å². The normalized spacial score (nSPS) is 14.2. The van der Waals surface area contributed by atoms with Gasteiger partial charge in [0.1, 0.15) is 0 Å². The molecule has 0 aliphatic carbocycles. The average Bonchev–Trinajstić information content (AvgIpc) is 2.24. The Morgan fingerprint density at radius 3 is 2.68 bits per heavy atom. The SMILES string of the molecule is CN(C)CC(C)(O)CNC(=O)c1ccc(Cl)cc1N. The number of nitrogens with one attached hydrogen (secondary N) is 1. The van der Waals surface area contributed by atoms with Gasteiger partial charge in [0.2, 0.25) is 0 Å². The van der Waals surface area contributed by atoms with Crippen molar-refractivity contribution in [3.05, 3.63) is 28.8 Å². The highest BCUT2D eigenvalue weighted by Crippen LogP contribution is 2.18. The first kappa shape index (κ1) is 15.8. The van der Waals surface area contributed by atoms with E-state index < -0.39 is 5.60 Å². The molecule has 6 heteroatoms. The predicted molar refractivity (Wildman–Crippen MR) is 77.4 cm³/mol. The van der Waals surface area contributed by atoms with Gasteiger partial charge < -0.3 is 21.1 Å². The van der Waals surface area contributed by atoms with Crippen LogP contribution in [0.25, 0.3) is 0 Å². The van der Waals surface area contributed by atoms with Gasteiger partial charge in [-0.2, -0.15) is 0 Å². The van der Waals surface area contributed by atoms with Crippen LogP contribution in [0.15, 0.2) is 18.2 Å². The summed E-state index contributed by atoms with van der Waals surface area (Å²) in [5.74, 6) is -0.326. The van der Waals surface area contributed by atoms with Crippen LogP contribution in [0.5, 0.6) is 0 Å². The maximum atomic E-state index is 12.0. The van der Waals surface area contributed by atoms with Gasteiger partial charge in [0.05, 0.1) is 11.2 Å². The van der Waals surface area contributed by atoms with E-state index in [1.54, 1.807) is 19.1 Å². The molecule has 0 aliphatic rings. The minimum atomic E-state index is -1.000. The number of anilines is 1. The summed E-state index contributed by atoms with van der Waals surface area (Å²) in [5, 5.41) is 13.2. The maximum absolute atomic E-state index is 12.0. The highest BCUT2D eigenvalue weighted by molar-refractivity contribution is 6.31. The summed E-state index contributed by atoms with van der Waals surface area (Å²) in [7, 11) is 3.71. The lowest BCUT2D eigenvalue weighted by molar-refractivity contribution is 0.0326. The number of rotatable bonds is 5. The van der Waals surface area contributed by atoms with Gasteiger partial charge in [-0.25, -0.2) is 0 Å². The van der Waals surface area contributed by atoms with Crippen LogP contribution in [0.2, 0.25) is 5.02 Å². The quantitative estimate of drug-likeness (QED) is 0.704. The first-order valence-corrected chi connectivity index (χ1v) is 6.29. The van der Waals surface area contributed by atoms with Crippen molar-refractivity contribution in [1.82, 2.24) is 10.2 Å². The lowest BCUT2D eigenvalue weighted by Crippen LogP contribution is -2.47. The molecule has 106 valence electrons. The Kier molecular flexibility index (Phi) is 5.17. The van der Waals surface area contributed by atoms with Crippen LogP contribution in [0.1, 0.15) is 17.3 Å². The standard InChI is InChI=1S/C13H20ClN3O2/c1-13(19,8-17(2)3)7-16-12(18)10-5-4-9(14)6-11(10)15/h4-6,19H,7-8,15H2,1-3H3,(H,16,18). The van der Waals surface area contributed by atoms with E-state index in [1.165, 1.54) is 6.07 Å². The molecule has 1 aromatic carbocycles. The lowest BCUT2D eigenvalue weighted by Gasteiger charge is -2.27. The smallest absolute Gasteiger partial charge is 0.253 e. The van der Waals surface area contributed by atoms with Crippen molar-refractivity contribution in [3.8, 4) is 0 Å². The van der Waals surface area contributed by atoms with E-state index in [0.717, 1.165) is 0 Å². The van der Waals surface area contributed by atoms with Crippen LogP contribution in [-0.2, 0) is 0 Å². The molecule has 0 saturated heterocycles. The minimum absolute atomic E-state index is 0.145. The molecule has 5 nitrogen and oxygen atoms in total. The number of amides is 1. The molecular formula is C13H20ClN3O2. The lowest BCUT2D eigenvalue weighted by atomic mass is 10.1. The van der Waals surface area contributed by atoms with Gasteiger partial charge in [-0.3, -0.25) is 4.79 Å². The molecule has 0 saturated carbocycles. The van der Waals surface area contributed by atoms with Crippen LogP contribution in [0, 0.1) is 0 Å². The average molecular weight is 286 g/mol. The number of hydrogen-bond acceptors (Lipinski definition) is 4. The van der Waals surface area contributed by atoms with Gasteiger partial charge in [-0.1, -0.05) is 11.6 Å². The van der Waals surface area contributed by atoms with Gasteiger partial charge in [-0.05, 0) is 39.2 Å². The molecule has 19 heavy (non-hydrogen) atoms. The van der Waals surface area contributed by atoms with E-state index in [1.807, 2.05) is 19.0 Å². The topological polar surface area (TPSA) is 78.6 Å². The van der Waals surface area contributed by atoms with Crippen molar-refractivity contribution >= 4 is 23.2 Å². The van der Waals surface area contributed by atoms with E-state index >= 15 is 0 Å². The fraction of sp³-hybridized carbons (Fsp3) is 0.462. The molecule has 1 rings (SSSR count). The van der Waals surface area contributed by atoms with E-state index in [0.29, 0.717) is 22.8 Å². The number of carbonyl (C=O) groups excluding carboxylic acids is 1. The van der Waals surface area contributed by atoms with Crippen molar-refractivity contribution < 1.29 is 9.90 Å². The predicted octanol–water partition coefficient (Wildman–Crippen LogP) is 0.965. The summed E-state index contributed by atoms with van der Waals surface area (Å²) in [6.45, 7) is 2.26. The molecule has 0 aromatic heterocycles. The number of benzene rings is 1. The molecule has 0 fully saturated rings. The third kappa shape index (κ3) is 5.06. The summed E-state index contributed by atoms with van der Waals surface area (Å²) in [6, 6.07) is 4.69. The fourth-order valence-electron chi connectivity index (χ4n) is 1.84. The highest BCUT2D eigenvalue weighted by atomic mass is 35.5. The van der Waals surface area contributed by atoms with Crippen LogP contribution < -0.4 is 11.1 Å². The Labute approximate surface area is 118 Å². The Bertz CT molecular complexity index is 461. The molecule has 1 amide bonds. The Morgan fingerprint density at radius 2 is 2.16 bits per heavy atom. The second kappa shape index (κ2) is 6.23. The second-order valence-electron chi connectivity index (χ2n) is 5.15. The molecule has 0 spiro atoms. The molecule has 4 N–H and O–H groups in total. The summed E-state index contributed by atoms with van der Waals surface area (Å²) in [5.41, 5.74) is 5.40. The molecule has 1 atom stereocenters. The van der Waals surface area contributed by atoms with Crippen LogP contribution in [0.4, 0.5) is 5.69 Å². The number of nitrogens with zero attached hydrogens (tertiary/aromatic N) is 1. The van der Waals surface area contributed by atoms with Crippen molar-refractivity contribution in [2.75, 3.05) is 32.9 Å². The van der Waals surface area contributed by atoms with Crippen LogP contribution in [0.3, 0.4) is 0 Å². The van der Waals surface area contributed by atoms with Crippen molar-refractivity contribution in [1.29, 1.82) is 0 Å². The number of hydrogen-bond donors (Lipinski definition) is 3. The van der Waals surface area contributed by atoms with Crippen LogP contribution in [-0.4, -0.2) is 48.7 Å². The van der Waals surface area contributed by atoms with Crippen LogP contribution >= 0.6 is 11.6 Å². The zero-order valence-corrected chi connectivity index (χ0v) is 12.2. The highest BCUT2D eigenvalue weighted by Gasteiger charge is 2.22. The number of halogens is 1. The van der Waals surface area contributed by atoms with Crippen molar-refractivity contribution in [2.45, 2.75) is 12.5 Å². The first-order chi connectivity index (χ1) is 8.71. The maximum Gasteiger partial charge on any atom is 0.253 e. The number of carbonyl (C=O) groups is 1. The van der Waals surface area contributed by atoms with E-state index in [2.05, 4.69) is 5.32 Å². The Hall–Kier alpha value is -1.30. The summed E-state index contributed by atoms with van der Waals surface area (Å²) >= 11 is 5.77. The summed E-state index contributed by atoms with van der Waals surface area (Å²) < 4.78 is 0. The number of nitrogen functional groups attached to an aromatic ring is 1. The van der Waals surface area contributed by atoms with Gasteiger partial charge in [0, 0.05) is 23.8 Å². The number of likely N-dealkylation sites (N-methyl/N-ethyl adjacent to an activating group) is 1. The summed E-state index contributed by atoms with van der Waals surface area (Å²) in [6.07, 6.45) is 0. The van der Waals surface area contributed by atoms with Crippen molar-refractivity contribution in [3.63, 3.8) is 0 Å². The monoisotopic (exact) mass is 285 g/mol. The zero-order chi connectivity index (χ0) is 14.6. The van der Waals surface area contributed by atoms with Crippen molar-refractivity contribution in [2.24, 2.45) is 0 Å². The Morgan fingerprint density at radius 1 is 1.53 bits per heavy atom. The number of aliphatic hydroxyl groups is 1. The second-order valence-corrected chi connectivity index (χ2v) is 5.59. The molecule has 0 aliphatic heterocycles. The molecule has 1 aromatic rings. The fourth-order valence-corrected chi connectivity index (χ4v) is 2.02. The molecule has 0 bridgehead atoms. The molecule has 1 unspecified atom stereocenters. The Balaban J connectivity index is 2.65. The third-order valence-electron chi connectivity index (χ3n) is 2.54. The largest absolute Gasteiger partial charge is 0.398 e. The zero-order valence-electron chi connectivity index (χ0n) is 11.4. The summed E-state index contributed by atoms with van der Waals surface area (Å²) in [4.78, 5) is 13.8. The molecule has 0 heterocycles. The van der Waals surface area contributed by atoms with E-state index in [4.69, 9.17) is 17.3 Å². The first-order valence-electron chi connectivity index (χ1n) is 5.91. The molecule has 0 radical (unpaired) electrons. The van der Waals surface area contributed by atoms with E-state index in [9.17, 15) is 9.90 Å². The minimum Gasteiger partial charge on any atom is -0.398 e. The van der Waals surface area contributed by atoms with E-state index in [-0.39, 0.29) is 12.5 Å². The number of nitrogens with two attached hydrogens (primary N) is 1. The van der Waals surface area contributed by atoms with Gasteiger partial charge >= 0.3 is 0 Å². The van der Waals surface area contributed by atoms with Gasteiger partial charge in [0.15, 0.2) is 0 Å².